The van der Waals surface area contributed by atoms with E-state index >= 15 is 0 Å². The van der Waals surface area contributed by atoms with E-state index in [-0.39, 0.29) is 23.4 Å². The van der Waals surface area contributed by atoms with Crippen LogP contribution in [0.1, 0.15) is 5.56 Å². The van der Waals surface area contributed by atoms with E-state index in [4.69, 9.17) is 17.0 Å². The predicted molar refractivity (Wildman–Crippen MR) is 128 cm³/mol. The highest BCUT2D eigenvalue weighted by Crippen LogP contribution is 2.38. The minimum absolute atomic E-state index is 0.141. The number of aromatic nitrogens is 1. The minimum Gasteiger partial charge on any atom is -0.507 e. The van der Waals surface area contributed by atoms with Crippen molar-refractivity contribution in [3.8, 4) is 22.1 Å². The van der Waals surface area contributed by atoms with E-state index in [2.05, 4.69) is 15.6 Å². The molecule has 0 saturated carbocycles. The first-order chi connectivity index (χ1) is 15.0. The summed E-state index contributed by atoms with van der Waals surface area (Å²) in [6.07, 6.45) is 0. The number of thiazole rings is 1. The number of anilines is 1. The van der Waals surface area contributed by atoms with Crippen LogP contribution in [-0.2, 0) is 4.79 Å². The third-order valence-electron chi connectivity index (χ3n) is 4.45. The molecule has 0 aliphatic heterocycles. The van der Waals surface area contributed by atoms with E-state index in [9.17, 15) is 9.90 Å². The summed E-state index contributed by atoms with van der Waals surface area (Å²) >= 11 is 6.76. The molecule has 0 aliphatic carbocycles. The SMILES string of the molecule is Cc1cc(NC(=S)NC(=O)COc2ccccc2)cc(-c2nc3ccccc3s2)c1O. The van der Waals surface area contributed by atoms with Gasteiger partial charge in [-0.1, -0.05) is 30.3 Å². The van der Waals surface area contributed by atoms with Gasteiger partial charge in [0, 0.05) is 5.69 Å². The fourth-order valence-corrected chi connectivity index (χ4v) is 4.21. The van der Waals surface area contributed by atoms with Crippen LogP contribution in [0, 0.1) is 6.92 Å². The van der Waals surface area contributed by atoms with Gasteiger partial charge in [0.1, 0.15) is 16.5 Å². The highest BCUT2D eigenvalue weighted by atomic mass is 32.1. The number of aromatic hydroxyl groups is 1. The number of phenolic OH excluding ortho intramolecular Hbond substituents is 1. The van der Waals surface area contributed by atoms with Crippen LogP contribution >= 0.6 is 23.6 Å². The number of rotatable bonds is 5. The molecule has 0 bridgehead atoms. The average Bonchev–Trinajstić information content (AvgIpc) is 3.19. The van der Waals surface area contributed by atoms with Gasteiger partial charge in [-0.15, -0.1) is 11.3 Å². The Balaban J connectivity index is 1.45. The maximum absolute atomic E-state index is 12.1. The zero-order valence-electron chi connectivity index (χ0n) is 16.6. The van der Waals surface area contributed by atoms with E-state index in [1.165, 1.54) is 11.3 Å². The summed E-state index contributed by atoms with van der Waals surface area (Å²) in [5, 5.41) is 17.0. The summed E-state index contributed by atoms with van der Waals surface area (Å²) in [6.45, 7) is 1.64. The number of hydrogen-bond donors (Lipinski definition) is 3. The number of carbonyl (C=O) groups excluding carboxylic acids is 1. The van der Waals surface area contributed by atoms with Crippen LogP contribution in [0.5, 0.6) is 11.5 Å². The number of hydrogen-bond acceptors (Lipinski definition) is 6. The molecule has 4 aromatic rings. The fourth-order valence-electron chi connectivity index (χ4n) is 2.99. The van der Waals surface area contributed by atoms with Crippen molar-refractivity contribution in [1.29, 1.82) is 0 Å². The van der Waals surface area contributed by atoms with Gasteiger partial charge < -0.3 is 15.2 Å². The zero-order chi connectivity index (χ0) is 21.8. The second-order valence-electron chi connectivity index (χ2n) is 6.78. The van der Waals surface area contributed by atoms with E-state index in [1.54, 1.807) is 31.2 Å². The highest BCUT2D eigenvalue weighted by molar-refractivity contribution is 7.80. The van der Waals surface area contributed by atoms with E-state index in [0.717, 1.165) is 10.2 Å². The molecule has 0 spiro atoms. The van der Waals surface area contributed by atoms with Crippen molar-refractivity contribution < 1.29 is 14.6 Å². The molecule has 6 nitrogen and oxygen atoms in total. The van der Waals surface area contributed by atoms with Gasteiger partial charge in [0.15, 0.2) is 11.7 Å². The molecule has 1 aromatic heterocycles. The van der Waals surface area contributed by atoms with Crippen LogP contribution in [0.25, 0.3) is 20.8 Å². The Morgan fingerprint density at radius 2 is 1.87 bits per heavy atom. The quantitative estimate of drug-likeness (QED) is 0.298. The number of phenols is 1. The molecule has 1 amide bonds. The lowest BCUT2D eigenvalue weighted by molar-refractivity contribution is -0.121. The summed E-state index contributed by atoms with van der Waals surface area (Å²) in [7, 11) is 0. The predicted octanol–water partition coefficient (Wildman–Crippen LogP) is 4.87. The van der Waals surface area contributed by atoms with Crippen molar-refractivity contribution in [2.75, 3.05) is 11.9 Å². The number of nitrogens with zero attached hydrogens (tertiary/aromatic N) is 1. The molecule has 156 valence electrons. The van der Waals surface area contributed by atoms with Crippen molar-refractivity contribution in [1.82, 2.24) is 10.3 Å². The Bertz CT molecular complexity index is 1220. The summed E-state index contributed by atoms with van der Waals surface area (Å²) in [5.74, 6) is 0.394. The van der Waals surface area contributed by atoms with E-state index in [0.29, 0.717) is 27.6 Å². The molecular formula is C23H19N3O3S2. The number of amides is 1. The van der Waals surface area contributed by atoms with E-state index in [1.807, 2.05) is 42.5 Å². The molecule has 0 saturated heterocycles. The molecule has 0 aliphatic rings. The summed E-state index contributed by atoms with van der Waals surface area (Å²) in [6, 6.07) is 20.4. The molecule has 0 fully saturated rings. The lowest BCUT2D eigenvalue weighted by Gasteiger charge is -2.13. The molecule has 3 aromatic carbocycles. The Kier molecular flexibility index (Phi) is 6.11. The number of thiocarbonyl (C=S) groups is 1. The van der Waals surface area contributed by atoms with Gasteiger partial charge in [0.05, 0.1) is 15.8 Å². The summed E-state index contributed by atoms with van der Waals surface area (Å²) in [4.78, 5) is 16.7. The second-order valence-corrected chi connectivity index (χ2v) is 8.22. The average molecular weight is 450 g/mol. The van der Waals surface area contributed by atoms with Gasteiger partial charge in [-0.05, 0) is 61.1 Å². The standard InChI is InChI=1S/C23H19N3O3S2/c1-14-11-15(24-23(30)26-20(27)13-29-16-7-3-2-4-8-16)12-17(21(14)28)22-25-18-9-5-6-10-19(18)31-22/h2-12,28H,13H2,1H3,(H2,24,26,27,30). The Hall–Kier alpha value is -3.49. The van der Waals surface area contributed by atoms with Gasteiger partial charge in [-0.2, -0.15) is 0 Å². The summed E-state index contributed by atoms with van der Waals surface area (Å²) in [5.41, 5.74) is 2.78. The lowest BCUT2D eigenvalue weighted by atomic mass is 10.1. The molecule has 3 N–H and O–H groups in total. The molecule has 4 rings (SSSR count). The van der Waals surface area contributed by atoms with E-state index < -0.39 is 0 Å². The zero-order valence-corrected chi connectivity index (χ0v) is 18.2. The largest absolute Gasteiger partial charge is 0.507 e. The summed E-state index contributed by atoms with van der Waals surface area (Å²) < 4.78 is 6.46. The fraction of sp³-hybridized carbons (Fsp3) is 0.0870. The number of aryl methyl sites for hydroxylation is 1. The van der Waals surface area contributed by atoms with Crippen molar-refractivity contribution >= 4 is 50.5 Å². The van der Waals surface area contributed by atoms with Crippen LogP contribution < -0.4 is 15.4 Å². The highest BCUT2D eigenvalue weighted by Gasteiger charge is 2.15. The maximum atomic E-state index is 12.1. The van der Waals surface area contributed by atoms with Gasteiger partial charge in [-0.25, -0.2) is 4.98 Å². The first kappa shape index (κ1) is 20.8. The first-order valence-electron chi connectivity index (χ1n) is 9.48. The number of ether oxygens (including phenoxy) is 1. The minimum atomic E-state index is -0.372. The first-order valence-corrected chi connectivity index (χ1v) is 10.7. The van der Waals surface area contributed by atoms with Crippen molar-refractivity contribution in [3.05, 3.63) is 72.3 Å². The number of fused-ring (bicyclic) bond motifs is 1. The Morgan fingerprint density at radius 3 is 2.65 bits per heavy atom. The van der Waals surface area contributed by atoms with Crippen LogP contribution in [0.15, 0.2) is 66.7 Å². The topological polar surface area (TPSA) is 83.5 Å². The molecule has 1 heterocycles. The van der Waals surface area contributed by atoms with Crippen LogP contribution in [0.3, 0.4) is 0 Å². The van der Waals surface area contributed by atoms with Crippen LogP contribution in [0.4, 0.5) is 5.69 Å². The number of benzene rings is 3. The third-order valence-corrected chi connectivity index (χ3v) is 5.72. The van der Waals surface area contributed by atoms with Gasteiger partial charge in [0.2, 0.25) is 0 Å². The number of para-hydroxylation sites is 2. The Morgan fingerprint density at radius 1 is 1.13 bits per heavy atom. The second kappa shape index (κ2) is 9.11. The van der Waals surface area contributed by atoms with Gasteiger partial charge in [0.25, 0.3) is 5.91 Å². The molecule has 31 heavy (non-hydrogen) atoms. The van der Waals surface area contributed by atoms with Crippen LogP contribution in [0.2, 0.25) is 0 Å². The molecule has 0 atom stereocenters. The Labute approximate surface area is 188 Å². The van der Waals surface area contributed by atoms with Crippen molar-refractivity contribution in [2.45, 2.75) is 6.92 Å². The van der Waals surface area contributed by atoms with Crippen molar-refractivity contribution in [3.63, 3.8) is 0 Å². The molecule has 8 heteroatoms. The lowest BCUT2D eigenvalue weighted by Crippen LogP contribution is -2.37. The van der Waals surface area contributed by atoms with Gasteiger partial charge >= 0.3 is 0 Å². The number of nitrogens with one attached hydrogen (secondary N) is 2. The molecular weight excluding hydrogens is 430 g/mol. The van der Waals surface area contributed by atoms with Crippen molar-refractivity contribution in [2.24, 2.45) is 0 Å². The number of carbonyl (C=O) groups is 1. The maximum Gasteiger partial charge on any atom is 0.264 e. The van der Waals surface area contributed by atoms with Crippen LogP contribution in [-0.4, -0.2) is 27.7 Å². The third kappa shape index (κ3) is 4.99. The van der Waals surface area contributed by atoms with Gasteiger partial charge in [-0.3, -0.25) is 10.1 Å². The normalized spacial score (nSPS) is 10.6. The smallest absolute Gasteiger partial charge is 0.264 e. The molecule has 0 unspecified atom stereocenters. The molecule has 0 radical (unpaired) electrons. The monoisotopic (exact) mass is 449 g/mol.